The molecule has 0 aromatic heterocycles. The van der Waals surface area contributed by atoms with Gasteiger partial charge in [0.05, 0.1) is 11.5 Å². The van der Waals surface area contributed by atoms with Crippen LogP contribution < -0.4 is 5.32 Å². The molecule has 1 aromatic rings. The van der Waals surface area contributed by atoms with Gasteiger partial charge in [0.1, 0.15) is 5.82 Å². The fourth-order valence-electron chi connectivity index (χ4n) is 3.51. The van der Waals surface area contributed by atoms with Gasteiger partial charge in [0, 0.05) is 26.2 Å². The maximum atomic E-state index is 13.4. The van der Waals surface area contributed by atoms with E-state index in [4.69, 9.17) is 4.99 Å². The highest BCUT2D eigenvalue weighted by molar-refractivity contribution is 7.91. The number of aliphatic imine (C=N–C) groups is 1. The fraction of sp³-hybridized carbons (Fsp3) is 0.632. The summed E-state index contributed by atoms with van der Waals surface area (Å²) in [5.41, 5.74) is 2.19. The monoisotopic (exact) mass is 381 g/mol. The Morgan fingerprint density at radius 2 is 2.19 bits per heavy atom. The normalized spacial score (nSPS) is 22.5. The van der Waals surface area contributed by atoms with Crippen LogP contribution in [0, 0.1) is 17.7 Å². The average molecular weight is 382 g/mol. The Morgan fingerprint density at radius 1 is 1.38 bits per heavy atom. The molecule has 0 aliphatic carbocycles. The van der Waals surface area contributed by atoms with Crippen LogP contribution in [0.4, 0.5) is 4.39 Å². The molecular weight excluding hydrogens is 353 g/mol. The predicted molar refractivity (Wildman–Crippen MR) is 102 cm³/mol. The number of hydrogen-bond donors (Lipinski definition) is 1. The van der Waals surface area contributed by atoms with E-state index < -0.39 is 9.84 Å². The zero-order valence-electron chi connectivity index (χ0n) is 15.5. The van der Waals surface area contributed by atoms with E-state index in [0.29, 0.717) is 24.8 Å². The third-order valence-corrected chi connectivity index (χ3v) is 6.80. The Labute approximate surface area is 155 Å². The van der Waals surface area contributed by atoms with Crippen molar-refractivity contribution in [3.8, 4) is 0 Å². The van der Waals surface area contributed by atoms with Crippen molar-refractivity contribution in [3.63, 3.8) is 0 Å². The molecule has 1 atom stereocenters. The summed E-state index contributed by atoms with van der Waals surface area (Å²) in [6.45, 7) is 7.07. The number of nitrogens with one attached hydrogen (secondary N) is 1. The van der Waals surface area contributed by atoms with Crippen LogP contribution in [0.1, 0.15) is 31.4 Å². The average Bonchev–Trinajstić information content (AvgIpc) is 2.93. The number of fused-ring (bicyclic) bond motifs is 1. The molecule has 2 aliphatic rings. The van der Waals surface area contributed by atoms with Gasteiger partial charge in [0.15, 0.2) is 15.8 Å². The molecule has 144 valence electrons. The lowest BCUT2D eigenvalue weighted by Crippen LogP contribution is -2.45. The molecule has 7 heteroatoms. The van der Waals surface area contributed by atoms with Crippen molar-refractivity contribution in [2.75, 3.05) is 31.1 Å². The molecule has 1 fully saturated rings. The van der Waals surface area contributed by atoms with E-state index in [2.05, 4.69) is 24.1 Å². The van der Waals surface area contributed by atoms with Gasteiger partial charge in [-0.25, -0.2) is 12.8 Å². The number of sulfone groups is 1. The van der Waals surface area contributed by atoms with Crippen LogP contribution in [0.25, 0.3) is 0 Å². The smallest absolute Gasteiger partial charge is 0.194 e. The Hall–Kier alpha value is -1.63. The first-order valence-electron chi connectivity index (χ1n) is 9.33. The van der Waals surface area contributed by atoms with Crippen molar-refractivity contribution in [2.24, 2.45) is 16.8 Å². The van der Waals surface area contributed by atoms with Gasteiger partial charge in [-0.1, -0.05) is 19.9 Å². The van der Waals surface area contributed by atoms with Crippen molar-refractivity contribution in [3.05, 3.63) is 35.1 Å². The second kappa shape index (κ2) is 7.94. The highest BCUT2D eigenvalue weighted by atomic mass is 32.2. The van der Waals surface area contributed by atoms with Crippen molar-refractivity contribution in [1.82, 2.24) is 10.2 Å². The van der Waals surface area contributed by atoms with Gasteiger partial charge in [0.25, 0.3) is 0 Å². The highest BCUT2D eigenvalue weighted by Crippen LogP contribution is 2.21. The summed E-state index contributed by atoms with van der Waals surface area (Å²) < 4.78 is 36.8. The molecule has 1 aromatic carbocycles. The molecule has 1 N–H and O–H groups in total. The van der Waals surface area contributed by atoms with Crippen LogP contribution in [-0.2, 0) is 22.8 Å². The third kappa shape index (κ3) is 4.96. The molecule has 1 saturated heterocycles. The summed E-state index contributed by atoms with van der Waals surface area (Å²) in [5, 5.41) is 3.40. The second-order valence-corrected chi connectivity index (χ2v) is 10.0. The quantitative estimate of drug-likeness (QED) is 0.642. The third-order valence-electron chi connectivity index (χ3n) is 4.96. The van der Waals surface area contributed by atoms with E-state index in [-0.39, 0.29) is 17.5 Å². The highest BCUT2D eigenvalue weighted by Gasteiger charge is 2.28. The lowest BCUT2D eigenvalue weighted by atomic mass is 10.00. The molecule has 3 rings (SSSR count). The molecule has 2 heterocycles. The van der Waals surface area contributed by atoms with Gasteiger partial charge in [-0.2, -0.15) is 0 Å². The fourth-order valence-corrected chi connectivity index (χ4v) is 5.37. The summed E-state index contributed by atoms with van der Waals surface area (Å²) >= 11 is 0. The first kappa shape index (κ1) is 19.1. The van der Waals surface area contributed by atoms with Crippen LogP contribution in [0.5, 0.6) is 0 Å². The number of nitrogens with zero attached hydrogens (tertiary/aromatic N) is 2. The van der Waals surface area contributed by atoms with Crippen LogP contribution in [0.15, 0.2) is 23.2 Å². The van der Waals surface area contributed by atoms with E-state index in [1.165, 1.54) is 6.07 Å². The van der Waals surface area contributed by atoms with E-state index in [9.17, 15) is 12.8 Å². The number of rotatable bonds is 4. The van der Waals surface area contributed by atoms with Crippen molar-refractivity contribution in [2.45, 2.75) is 33.2 Å². The van der Waals surface area contributed by atoms with Crippen LogP contribution in [-0.4, -0.2) is 50.4 Å². The van der Waals surface area contributed by atoms with E-state index in [1.54, 1.807) is 6.07 Å². The van der Waals surface area contributed by atoms with Gasteiger partial charge in [-0.05, 0) is 47.9 Å². The lowest BCUT2D eigenvalue weighted by molar-refractivity contribution is 0.371. The molecule has 1 unspecified atom stereocenters. The Morgan fingerprint density at radius 3 is 2.88 bits per heavy atom. The first-order chi connectivity index (χ1) is 12.3. The van der Waals surface area contributed by atoms with Gasteiger partial charge < -0.3 is 10.2 Å². The summed E-state index contributed by atoms with van der Waals surface area (Å²) in [6, 6.07) is 4.97. The molecule has 5 nitrogen and oxygen atoms in total. The maximum absolute atomic E-state index is 13.4. The molecule has 2 aliphatic heterocycles. The molecule has 0 radical (unpaired) electrons. The molecule has 0 amide bonds. The minimum atomic E-state index is -2.87. The largest absolute Gasteiger partial charge is 0.356 e. The minimum Gasteiger partial charge on any atom is -0.356 e. The lowest BCUT2D eigenvalue weighted by Gasteiger charge is -2.32. The van der Waals surface area contributed by atoms with Gasteiger partial charge in [-0.15, -0.1) is 0 Å². The Balaban J connectivity index is 1.68. The molecule has 26 heavy (non-hydrogen) atoms. The minimum absolute atomic E-state index is 0.149. The molecular formula is C19H28FN3O2S. The van der Waals surface area contributed by atoms with Crippen molar-refractivity contribution < 1.29 is 12.8 Å². The van der Waals surface area contributed by atoms with Crippen LogP contribution >= 0.6 is 0 Å². The topological polar surface area (TPSA) is 61.8 Å². The van der Waals surface area contributed by atoms with Crippen LogP contribution in [0.3, 0.4) is 0 Å². The molecule has 0 bridgehead atoms. The summed E-state index contributed by atoms with van der Waals surface area (Å²) in [5.74, 6) is 1.80. The van der Waals surface area contributed by atoms with E-state index in [1.807, 2.05) is 6.07 Å². The number of guanidine groups is 1. The maximum Gasteiger partial charge on any atom is 0.194 e. The summed E-state index contributed by atoms with van der Waals surface area (Å²) in [6.07, 6.45) is 1.50. The molecule has 0 saturated carbocycles. The standard InChI is InChI=1S/C19H28FN3O2S/c1-14(2)10-21-19(22-11-15-6-8-26(24,25)13-15)23-7-5-16-9-18(20)4-3-17(16)12-23/h3-4,9,14-15H,5-8,10-13H2,1-2H3,(H,21,22). The zero-order chi connectivity index (χ0) is 18.7. The number of hydrogen-bond acceptors (Lipinski definition) is 3. The van der Waals surface area contributed by atoms with Crippen molar-refractivity contribution in [1.29, 1.82) is 0 Å². The predicted octanol–water partition coefficient (Wildman–Crippen LogP) is 2.22. The summed E-state index contributed by atoms with van der Waals surface area (Å²) in [7, 11) is -2.87. The van der Waals surface area contributed by atoms with Gasteiger partial charge in [-0.3, -0.25) is 4.99 Å². The van der Waals surface area contributed by atoms with Gasteiger partial charge in [0.2, 0.25) is 0 Å². The Kier molecular flexibility index (Phi) is 5.85. The number of halogens is 1. The first-order valence-corrected chi connectivity index (χ1v) is 11.2. The van der Waals surface area contributed by atoms with E-state index in [0.717, 1.165) is 43.0 Å². The molecule has 0 spiro atoms. The summed E-state index contributed by atoms with van der Waals surface area (Å²) in [4.78, 5) is 6.93. The zero-order valence-corrected chi connectivity index (χ0v) is 16.4. The second-order valence-electron chi connectivity index (χ2n) is 7.79. The Bertz CT molecular complexity index is 777. The number of benzene rings is 1. The van der Waals surface area contributed by atoms with Gasteiger partial charge >= 0.3 is 0 Å². The van der Waals surface area contributed by atoms with Crippen molar-refractivity contribution >= 4 is 15.8 Å². The SMILES string of the molecule is CC(C)CN=C(NCC1CCS(=O)(=O)C1)N1CCc2cc(F)ccc2C1. The van der Waals surface area contributed by atoms with E-state index >= 15 is 0 Å². The van der Waals surface area contributed by atoms with Crippen LogP contribution in [0.2, 0.25) is 0 Å².